The van der Waals surface area contributed by atoms with Crippen LogP contribution in [0.3, 0.4) is 0 Å². The molecule has 0 aromatic carbocycles. The van der Waals surface area contributed by atoms with E-state index in [1.165, 1.54) is 186 Å². The molecule has 0 saturated carbocycles. The van der Waals surface area contributed by atoms with Crippen molar-refractivity contribution in [3.05, 3.63) is 43.0 Å². The number of nitrogens with zero attached hydrogens (tertiary/aromatic N) is 2. The standard InChI is InChI=1S/C40H75N2.ClH/c1-4-6-8-10-12-14-16-18-20-22-24-26-28-30-32-34-36-40(42-38-37-41(3)39-42)35-33-31-29-27-25-23-21-19-17-15-13-11-9-7-5-2;/h17-20,37-40H,4-16,21-36H2,1-3H3;1H/q+1;/p-1. The van der Waals surface area contributed by atoms with Gasteiger partial charge in [-0.2, -0.15) is 0 Å². The molecule has 1 rings (SSSR count). The minimum atomic E-state index is 0. The van der Waals surface area contributed by atoms with Crippen LogP contribution in [0, 0.1) is 0 Å². The van der Waals surface area contributed by atoms with E-state index in [1.807, 2.05) is 0 Å². The summed E-state index contributed by atoms with van der Waals surface area (Å²) in [6.07, 6.45) is 56.7. The van der Waals surface area contributed by atoms with Gasteiger partial charge in [-0.1, -0.05) is 147 Å². The average Bonchev–Trinajstić information content (AvgIpc) is 3.43. The predicted octanol–water partition coefficient (Wildman–Crippen LogP) is 10.3. The molecule has 0 aliphatic rings. The lowest BCUT2D eigenvalue weighted by molar-refractivity contribution is -0.671. The van der Waals surface area contributed by atoms with Gasteiger partial charge in [-0.05, 0) is 77.0 Å². The monoisotopic (exact) mass is 619 g/mol. The van der Waals surface area contributed by atoms with Crippen LogP contribution < -0.4 is 17.0 Å². The zero-order chi connectivity index (χ0) is 30.2. The van der Waals surface area contributed by atoms with Crippen molar-refractivity contribution in [1.29, 1.82) is 0 Å². The van der Waals surface area contributed by atoms with E-state index in [4.69, 9.17) is 0 Å². The summed E-state index contributed by atoms with van der Waals surface area (Å²) < 4.78 is 4.70. The van der Waals surface area contributed by atoms with E-state index in [-0.39, 0.29) is 12.4 Å². The fourth-order valence-corrected chi connectivity index (χ4v) is 6.21. The van der Waals surface area contributed by atoms with E-state index >= 15 is 0 Å². The number of unbranched alkanes of at least 4 members (excludes halogenated alkanes) is 23. The van der Waals surface area contributed by atoms with Gasteiger partial charge in [-0.3, -0.25) is 0 Å². The molecule has 0 radical (unpaired) electrons. The molecule has 0 fully saturated rings. The fourth-order valence-electron chi connectivity index (χ4n) is 6.21. The molecule has 1 aromatic rings. The summed E-state index contributed by atoms with van der Waals surface area (Å²) >= 11 is 0. The Bertz CT molecular complexity index is 722. The molecular weight excluding hydrogens is 544 g/mol. The number of allylic oxidation sites excluding steroid dienone is 4. The van der Waals surface area contributed by atoms with Gasteiger partial charge in [0.05, 0.1) is 7.05 Å². The van der Waals surface area contributed by atoms with Crippen molar-refractivity contribution >= 4 is 0 Å². The third-order valence-electron chi connectivity index (χ3n) is 9.06. The number of hydrogen-bond acceptors (Lipinski definition) is 0. The van der Waals surface area contributed by atoms with E-state index < -0.39 is 0 Å². The zero-order valence-corrected chi connectivity index (χ0v) is 30.2. The van der Waals surface area contributed by atoms with Crippen LogP contribution >= 0.6 is 0 Å². The number of rotatable bonds is 32. The van der Waals surface area contributed by atoms with Crippen molar-refractivity contribution in [2.75, 3.05) is 0 Å². The maximum absolute atomic E-state index is 2.49. The number of imidazole rings is 1. The molecule has 1 aromatic heterocycles. The van der Waals surface area contributed by atoms with Crippen molar-refractivity contribution in [3.8, 4) is 0 Å². The fraction of sp³-hybridized carbons (Fsp3) is 0.825. The summed E-state index contributed by atoms with van der Waals surface area (Å²) in [6, 6.07) is 0.690. The Morgan fingerprint density at radius 1 is 0.488 bits per heavy atom. The second kappa shape index (κ2) is 33.9. The van der Waals surface area contributed by atoms with E-state index in [2.05, 4.69) is 73.1 Å². The van der Waals surface area contributed by atoms with Crippen LogP contribution in [0.1, 0.15) is 206 Å². The summed E-state index contributed by atoms with van der Waals surface area (Å²) in [6.45, 7) is 4.59. The molecule has 0 saturated heterocycles. The summed E-state index contributed by atoms with van der Waals surface area (Å²) in [4.78, 5) is 0. The summed E-state index contributed by atoms with van der Waals surface area (Å²) in [5.41, 5.74) is 0. The Balaban J connectivity index is 0.0000176. The van der Waals surface area contributed by atoms with Gasteiger partial charge in [0.15, 0.2) is 0 Å². The van der Waals surface area contributed by atoms with E-state index in [1.54, 1.807) is 0 Å². The van der Waals surface area contributed by atoms with Crippen molar-refractivity contribution < 1.29 is 17.0 Å². The molecule has 2 nitrogen and oxygen atoms in total. The SMILES string of the molecule is CCCCCCCC=CCCCCCCCCC(CCCCCCCCC=CCCCCCCCC)n1cc[n+](C)c1.[Cl-]. The smallest absolute Gasteiger partial charge is 0.243 e. The highest BCUT2D eigenvalue weighted by atomic mass is 35.5. The van der Waals surface area contributed by atoms with Gasteiger partial charge in [0.25, 0.3) is 0 Å². The number of aromatic nitrogens is 2. The average molecular weight is 620 g/mol. The van der Waals surface area contributed by atoms with Crippen LogP contribution in [0.25, 0.3) is 0 Å². The van der Waals surface area contributed by atoms with Gasteiger partial charge in [-0.25, -0.2) is 9.13 Å². The van der Waals surface area contributed by atoms with E-state index in [9.17, 15) is 0 Å². The Morgan fingerprint density at radius 3 is 1.14 bits per heavy atom. The topological polar surface area (TPSA) is 8.81 Å². The first-order valence-electron chi connectivity index (χ1n) is 19.1. The second-order valence-electron chi connectivity index (χ2n) is 13.3. The van der Waals surface area contributed by atoms with Crippen LogP contribution in [0.2, 0.25) is 0 Å². The number of hydrogen-bond donors (Lipinski definition) is 0. The Hall–Kier alpha value is -1.02. The summed E-state index contributed by atoms with van der Waals surface area (Å²) in [7, 11) is 2.15. The minimum absolute atomic E-state index is 0. The van der Waals surface area contributed by atoms with Crippen molar-refractivity contribution in [1.82, 2.24) is 4.57 Å². The summed E-state index contributed by atoms with van der Waals surface area (Å²) in [5, 5.41) is 0. The molecule has 1 unspecified atom stereocenters. The number of aryl methyl sites for hydroxylation is 1. The first-order chi connectivity index (χ1) is 20.8. The lowest BCUT2D eigenvalue weighted by Gasteiger charge is -2.14. The highest BCUT2D eigenvalue weighted by Crippen LogP contribution is 2.23. The van der Waals surface area contributed by atoms with Crippen LogP contribution in [-0.4, -0.2) is 4.57 Å². The Labute approximate surface area is 277 Å². The molecule has 0 aliphatic carbocycles. The zero-order valence-electron chi connectivity index (χ0n) is 29.4. The van der Waals surface area contributed by atoms with Gasteiger partial charge in [0, 0.05) is 0 Å². The highest BCUT2D eigenvalue weighted by Gasteiger charge is 2.15. The normalized spacial score (nSPS) is 12.4. The Morgan fingerprint density at radius 2 is 0.814 bits per heavy atom. The summed E-state index contributed by atoms with van der Waals surface area (Å²) in [5.74, 6) is 0. The van der Waals surface area contributed by atoms with Crippen molar-refractivity contribution in [2.24, 2.45) is 7.05 Å². The van der Waals surface area contributed by atoms with Crippen molar-refractivity contribution in [3.63, 3.8) is 0 Å². The molecule has 0 spiro atoms. The van der Waals surface area contributed by atoms with Crippen LogP contribution in [0.15, 0.2) is 43.0 Å². The molecule has 1 atom stereocenters. The minimum Gasteiger partial charge on any atom is -1.00 e. The molecule has 1 heterocycles. The first-order valence-corrected chi connectivity index (χ1v) is 19.1. The van der Waals surface area contributed by atoms with Gasteiger partial charge in [0.1, 0.15) is 18.4 Å². The third-order valence-corrected chi connectivity index (χ3v) is 9.06. The van der Waals surface area contributed by atoms with Crippen LogP contribution in [0.5, 0.6) is 0 Å². The molecule has 252 valence electrons. The lowest BCUT2D eigenvalue weighted by atomic mass is 9.99. The maximum atomic E-state index is 2.49. The molecule has 0 N–H and O–H groups in total. The maximum Gasteiger partial charge on any atom is 0.243 e. The van der Waals surface area contributed by atoms with Gasteiger partial charge >= 0.3 is 0 Å². The molecule has 0 aliphatic heterocycles. The third kappa shape index (κ3) is 28.2. The van der Waals surface area contributed by atoms with Gasteiger partial charge < -0.3 is 12.4 Å². The highest BCUT2D eigenvalue weighted by molar-refractivity contribution is 4.82. The lowest BCUT2D eigenvalue weighted by Crippen LogP contribution is -3.00. The quantitative estimate of drug-likeness (QED) is 0.0431. The van der Waals surface area contributed by atoms with Crippen LogP contribution in [-0.2, 0) is 7.05 Å². The molecular formula is C40H75ClN2. The van der Waals surface area contributed by atoms with Gasteiger partial charge in [0.2, 0.25) is 6.33 Å². The predicted molar refractivity (Wildman–Crippen MR) is 188 cm³/mol. The van der Waals surface area contributed by atoms with Crippen LogP contribution in [0.4, 0.5) is 0 Å². The molecule has 3 heteroatoms. The first kappa shape index (κ1) is 42.0. The second-order valence-corrected chi connectivity index (χ2v) is 13.3. The van der Waals surface area contributed by atoms with E-state index in [0.717, 1.165) is 0 Å². The van der Waals surface area contributed by atoms with Gasteiger partial charge in [-0.15, -0.1) is 0 Å². The molecule has 43 heavy (non-hydrogen) atoms. The van der Waals surface area contributed by atoms with E-state index in [0.29, 0.717) is 6.04 Å². The molecule has 0 bridgehead atoms. The number of halogens is 1. The molecule has 0 amide bonds. The Kier molecular flexibility index (Phi) is 33.1. The largest absolute Gasteiger partial charge is 1.00 e. The van der Waals surface area contributed by atoms with Crippen molar-refractivity contribution in [2.45, 2.75) is 206 Å².